The van der Waals surface area contributed by atoms with Gasteiger partial charge in [-0.25, -0.2) is 0 Å². The fraction of sp³-hybridized carbons (Fsp3) is 0.286. The van der Waals surface area contributed by atoms with Crippen LogP contribution in [-0.2, 0) is 21.1 Å². The summed E-state index contributed by atoms with van der Waals surface area (Å²) in [6.45, 7) is 2.21. The van der Waals surface area contributed by atoms with E-state index >= 15 is 0 Å². The fourth-order valence-electron chi connectivity index (χ4n) is 1.79. The Hall–Kier alpha value is -0.652. The van der Waals surface area contributed by atoms with Crippen LogP contribution in [0.1, 0.15) is 18.5 Å². The van der Waals surface area contributed by atoms with E-state index in [4.69, 9.17) is 0 Å². The van der Waals surface area contributed by atoms with E-state index in [2.05, 4.69) is 62.3 Å². The predicted octanol–water partition coefficient (Wildman–Crippen LogP) is 3.26. The van der Waals surface area contributed by atoms with E-state index in [9.17, 15) is 0 Å². The number of nitrogens with zero attached hydrogens (tertiary/aromatic N) is 1. The minimum absolute atomic E-state index is 0. The Labute approximate surface area is 112 Å². The largest absolute Gasteiger partial charge is 0.305 e. The average Bonchev–Trinajstić information content (AvgIpc) is 2.27. The Morgan fingerprint density at radius 2 is 1.81 bits per heavy atom. The van der Waals surface area contributed by atoms with Crippen molar-refractivity contribution in [1.29, 1.82) is 0 Å². The molecular weight excluding hydrogens is 377 g/mol. The maximum atomic E-state index is 3.35. The third-order valence-electron chi connectivity index (χ3n) is 2.95. The van der Waals surface area contributed by atoms with Crippen molar-refractivity contribution in [3.63, 3.8) is 0 Å². The second-order valence-corrected chi connectivity index (χ2v) is 4.12. The molecule has 1 atom stereocenters. The molecule has 0 heterocycles. The molecule has 0 aliphatic carbocycles. The van der Waals surface area contributed by atoms with Gasteiger partial charge >= 0.3 is 0 Å². The Bertz CT molecular complexity index is 460. The van der Waals surface area contributed by atoms with Crippen molar-refractivity contribution in [1.82, 2.24) is 4.90 Å². The number of fused-ring (bicyclic) bond motifs is 1. The predicted molar refractivity (Wildman–Crippen MR) is 64.9 cm³/mol. The fourth-order valence-corrected chi connectivity index (χ4v) is 1.79. The summed E-state index contributed by atoms with van der Waals surface area (Å²) in [5, 5.41) is 2.60. The SMILES string of the molecule is C[C@H](c1[c-]ccc2ccccc12)N(C)C.[Pt]. The van der Waals surface area contributed by atoms with Gasteiger partial charge in [0, 0.05) is 27.1 Å². The monoisotopic (exact) mass is 393 g/mol. The summed E-state index contributed by atoms with van der Waals surface area (Å²) in [6, 6.07) is 16.4. The first kappa shape index (κ1) is 13.4. The van der Waals surface area contributed by atoms with Gasteiger partial charge in [0.2, 0.25) is 0 Å². The summed E-state index contributed by atoms with van der Waals surface area (Å²) >= 11 is 0. The van der Waals surface area contributed by atoms with Gasteiger partial charge in [-0.2, -0.15) is 18.2 Å². The molecule has 0 aromatic heterocycles. The van der Waals surface area contributed by atoms with Crippen LogP contribution in [0, 0.1) is 6.07 Å². The van der Waals surface area contributed by atoms with Gasteiger partial charge < -0.3 is 4.90 Å². The average molecular weight is 393 g/mol. The molecule has 16 heavy (non-hydrogen) atoms. The molecule has 0 aliphatic rings. The molecule has 0 N–H and O–H groups in total. The first-order valence-electron chi connectivity index (χ1n) is 5.26. The van der Waals surface area contributed by atoms with Crippen molar-refractivity contribution in [2.75, 3.05) is 14.1 Å². The van der Waals surface area contributed by atoms with Crippen LogP contribution in [0.5, 0.6) is 0 Å². The number of benzene rings is 2. The van der Waals surface area contributed by atoms with Gasteiger partial charge in [-0.15, -0.1) is 22.4 Å². The number of hydrogen-bond donors (Lipinski definition) is 0. The Morgan fingerprint density at radius 1 is 1.12 bits per heavy atom. The van der Waals surface area contributed by atoms with Crippen LogP contribution in [0.4, 0.5) is 0 Å². The van der Waals surface area contributed by atoms with E-state index in [0.717, 1.165) is 0 Å². The van der Waals surface area contributed by atoms with E-state index in [-0.39, 0.29) is 21.1 Å². The van der Waals surface area contributed by atoms with Crippen LogP contribution < -0.4 is 0 Å². The van der Waals surface area contributed by atoms with E-state index in [1.54, 1.807) is 0 Å². The molecular formula is C14H16NPt-. The zero-order valence-corrected chi connectivity index (χ0v) is 12.1. The summed E-state index contributed by atoms with van der Waals surface area (Å²) in [7, 11) is 4.20. The molecule has 2 aromatic carbocycles. The van der Waals surface area contributed by atoms with E-state index in [1.165, 1.54) is 16.3 Å². The van der Waals surface area contributed by atoms with Crippen LogP contribution in [0.15, 0.2) is 36.4 Å². The minimum Gasteiger partial charge on any atom is -0.305 e. The molecule has 0 spiro atoms. The van der Waals surface area contributed by atoms with Crippen molar-refractivity contribution in [3.8, 4) is 0 Å². The van der Waals surface area contributed by atoms with Gasteiger partial charge in [-0.05, 0) is 21.0 Å². The molecule has 0 saturated heterocycles. The van der Waals surface area contributed by atoms with E-state index in [0.29, 0.717) is 6.04 Å². The third kappa shape index (κ3) is 2.53. The summed E-state index contributed by atoms with van der Waals surface area (Å²) in [5.41, 5.74) is 1.28. The molecule has 0 aliphatic heterocycles. The molecule has 2 aromatic rings. The maximum absolute atomic E-state index is 3.35. The van der Waals surface area contributed by atoms with Crippen molar-refractivity contribution in [2.24, 2.45) is 0 Å². The second kappa shape index (κ2) is 5.61. The Morgan fingerprint density at radius 3 is 2.50 bits per heavy atom. The molecule has 0 unspecified atom stereocenters. The van der Waals surface area contributed by atoms with Gasteiger partial charge in [0.15, 0.2) is 0 Å². The molecule has 1 nitrogen and oxygen atoms in total. The molecule has 88 valence electrons. The Balaban J connectivity index is 0.00000128. The number of hydrogen-bond acceptors (Lipinski definition) is 1. The zero-order chi connectivity index (χ0) is 10.8. The molecule has 0 fully saturated rings. The van der Waals surface area contributed by atoms with E-state index < -0.39 is 0 Å². The van der Waals surface area contributed by atoms with Gasteiger partial charge in [0.05, 0.1) is 0 Å². The zero-order valence-electron chi connectivity index (χ0n) is 9.80. The van der Waals surface area contributed by atoms with Crippen LogP contribution in [0.2, 0.25) is 0 Å². The van der Waals surface area contributed by atoms with Crippen LogP contribution >= 0.6 is 0 Å². The van der Waals surface area contributed by atoms with Crippen molar-refractivity contribution < 1.29 is 21.1 Å². The summed E-state index contributed by atoms with van der Waals surface area (Å²) in [4.78, 5) is 2.21. The molecule has 2 rings (SSSR count). The van der Waals surface area contributed by atoms with Crippen LogP contribution in [-0.4, -0.2) is 19.0 Å². The van der Waals surface area contributed by atoms with E-state index in [1.807, 2.05) is 6.07 Å². The smallest absolute Gasteiger partial charge is 0.00941 e. The van der Waals surface area contributed by atoms with Gasteiger partial charge in [0.1, 0.15) is 0 Å². The van der Waals surface area contributed by atoms with Crippen LogP contribution in [0.25, 0.3) is 10.8 Å². The first-order valence-corrected chi connectivity index (χ1v) is 5.26. The van der Waals surface area contributed by atoms with Crippen molar-refractivity contribution in [3.05, 3.63) is 48.0 Å². The summed E-state index contributed by atoms with van der Waals surface area (Å²) in [5.74, 6) is 0. The van der Waals surface area contributed by atoms with Crippen LogP contribution in [0.3, 0.4) is 0 Å². The quantitative estimate of drug-likeness (QED) is 0.708. The standard InChI is InChI=1S/C14H16N.Pt/c1-11(15(2)3)13-10-6-8-12-7-4-5-9-14(12)13;/h4-9,11H,1-3H3;/q-1;/t11-;/m1./s1. The second-order valence-electron chi connectivity index (χ2n) is 4.12. The van der Waals surface area contributed by atoms with Crippen molar-refractivity contribution >= 4 is 10.8 Å². The molecule has 0 amide bonds. The van der Waals surface area contributed by atoms with Gasteiger partial charge in [-0.1, -0.05) is 18.2 Å². The minimum atomic E-state index is 0. The third-order valence-corrected chi connectivity index (χ3v) is 2.95. The summed E-state index contributed by atoms with van der Waals surface area (Å²) < 4.78 is 0. The van der Waals surface area contributed by atoms with Crippen molar-refractivity contribution in [2.45, 2.75) is 13.0 Å². The summed E-state index contributed by atoms with van der Waals surface area (Å²) in [6.07, 6.45) is 0. The Kier molecular flexibility index (Phi) is 4.70. The number of rotatable bonds is 2. The molecule has 0 radical (unpaired) electrons. The normalized spacial score (nSPS) is 12.5. The van der Waals surface area contributed by atoms with Gasteiger partial charge in [-0.3, -0.25) is 0 Å². The topological polar surface area (TPSA) is 3.24 Å². The van der Waals surface area contributed by atoms with Gasteiger partial charge in [0.25, 0.3) is 0 Å². The molecule has 0 saturated carbocycles. The maximum Gasteiger partial charge on any atom is 0.00941 e. The molecule has 0 bridgehead atoms. The molecule has 2 heteroatoms. The first-order chi connectivity index (χ1) is 7.20.